The number of epoxide rings is 1. The van der Waals surface area contributed by atoms with Crippen LogP contribution in [-0.4, -0.2) is 11.6 Å². The maximum atomic E-state index is 5.13. The lowest BCUT2D eigenvalue weighted by atomic mass is 10.2. The second-order valence-corrected chi connectivity index (χ2v) is 3.45. The first-order valence-corrected chi connectivity index (χ1v) is 4.30. The Bertz CT molecular complexity index is 283. The maximum Gasteiger partial charge on any atom is 0.108 e. The van der Waals surface area contributed by atoms with Crippen molar-refractivity contribution >= 4 is 15.9 Å². The van der Waals surface area contributed by atoms with Crippen molar-refractivity contribution in [3.63, 3.8) is 0 Å². The van der Waals surface area contributed by atoms with E-state index >= 15 is 0 Å². The molecule has 1 aromatic rings. The number of aromatic nitrogens is 1. The third kappa shape index (κ3) is 1.44. The van der Waals surface area contributed by atoms with Crippen LogP contribution in [0.3, 0.4) is 0 Å². The van der Waals surface area contributed by atoms with E-state index in [1.54, 1.807) is 0 Å². The van der Waals surface area contributed by atoms with Gasteiger partial charge < -0.3 is 4.74 Å². The molecule has 1 saturated heterocycles. The average Bonchev–Trinajstić information content (AvgIpc) is 2.77. The first-order valence-electron chi connectivity index (χ1n) is 3.51. The molecule has 0 aliphatic carbocycles. The Morgan fingerprint density at radius 3 is 3.00 bits per heavy atom. The molecular weight excluding hydrogens is 206 g/mol. The summed E-state index contributed by atoms with van der Waals surface area (Å²) in [5, 5.41) is 0. The quantitative estimate of drug-likeness (QED) is 0.529. The van der Waals surface area contributed by atoms with E-state index in [0.717, 1.165) is 16.8 Å². The molecule has 1 aliphatic heterocycles. The number of nitrogens with zero attached hydrogens (tertiary/aromatic N) is 1. The molecule has 0 amide bonds. The molecule has 1 fully saturated rings. The van der Waals surface area contributed by atoms with Gasteiger partial charge in [0.15, 0.2) is 0 Å². The third-order valence-electron chi connectivity index (χ3n) is 1.74. The maximum absolute atomic E-state index is 5.13. The third-order valence-corrected chi connectivity index (χ3v) is 2.57. The van der Waals surface area contributed by atoms with Crippen LogP contribution in [0, 0.1) is 6.92 Å². The van der Waals surface area contributed by atoms with Crippen LogP contribution in [0.25, 0.3) is 0 Å². The van der Waals surface area contributed by atoms with Gasteiger partial charge in [0.1, 0.15) is 10.7 Å². The Kier molecular flexibility index (Phi) is 1.69. The van der Waals surface area contributed by atoms with Crippen molar-refractivity contribution in [3.05, 3.63) is 28.0 Å². The molecule has 1 atom stereocenters. The lowest BCUT2D eigenvalue weighted by molar-refractivity contribution is 0.415. The molecule has 0 spiro atoms. The molecule has 3 heteroatoms. The fourth-order valence-electron chi connectivity index (χ4n) is 0.996. The predicted molar refractivity (Wildman–Crippen MR) is 45.4 cm³/mol. The Labute approximate surface area is 73.7 Å². The van der Waals surface area contributed by atoms with Crippen LogP contribution in [0.2, 0.25) is 0 Å². The average molecular weight is 214 g/mol. The summed E-state index contributed by atoms with van der Waals surface area (Å²) in [6.07, 6.45) is 2.17. The summed E-state index contributed by atoms with van der Waals surface area (Å²) in [6, 6.07) is 2.11. The van der Waals surface area contributed by atoms with E-state index in [4.69, 9.17) is 4.74 Å². The normalized spacial score (nSPS) is 21.8. The molecule has 1 aliphatic rings. The van der Waals surface area contributed by atoms with Crippen molar-refractivity contribution in [1.29, 1.82) is 0 Å². The van der Waals surface area contributed by atoms with Gasteiger partial charge in [0, 0.05) is 11.8 Å². The summed E-state index contributed by atoms with van der Waals surface area (Å²) < 4.78 is 6.05. The van der Waals surface area contributed by atoms with Gasteiger partial charge in [0.25, 0.3) is 0 Å². The molecule has 2 nitrogen and oxygen atoms in total. The first kappa shape index (κ1) is 7.25. The summed E-state index contributed by atoms with van der Waals surface area (Å²) in [7, 11) is 0. The summed E-state index contributed by atoms with van der Waals surface area (Å²) in [6.45, 7) is 2.88. The van der Waals surface area contributed by atoms with E-state index in [1.165, 1.54) is 5.56 Å². The minimum Gasteiger partial charge on any atom is -0.368 e. The molecule has 2 rings (SSSR count). The van der Waals surface area contributed by atoms with Crippen molar-refractivity contribution in [2.45, 2.75) is 13.0 Å². The van der Waals surface area contributed by atoms with Crippen molar-refractivity contribution in [2.24, 2.45) is 0 Å². The van der Waals surface area contributed by atoms with Gasteiger partial charge >= 0.3 is 0 Å². The Morgan fingerprint density at radius 1 is 1.73 bits per heavy atom. The number of pyridine rings is 1. The van der Waals surface area contributed by atoms with Crippen molar-refractivity contribution < 1.29 is 4.74 Å². The standard InChI is InChI=1S/C8H8BrNO/c1-5-2-6(7-4-11-7)3-10-8(5)9/h2-3,7H,4H2,1H3. The molecule has 2 heterocycles. The molecular formula is C8H8BrNO. The first-order chi connectivity index (χ1) is 5.27. The van der Waals surface area contributed by atoms with E-state index in [1.807, 2.05) is 13.1 Å². The van der Waals surface area contributed by atoms with E-state index < -0.39 is 0 Å². The zero-order valence-electron chi connectivity index (χ0n) is 6.17. The molecule has 0 aromatic carbocycles. The molecule has 0 radical (unpaired) electrons. The Balaban J connectivity index is 2.36. The monoisotopic (exact) mass is 213 g/mol. The van der Waals surface area contributed by atoms with Gasteiger partial charge in [-0.2, -0.15) is 0 Å². The number of rotatable bonds is 1. The number of hydrogen-bond donors (Lipinski definition) is 0. The van der Waals surface area contributed by atoms with E-state index in [9.17, 15) is 0 Å². The van der Waals surface area contributed by atoms with Crippen LogP contribution in [0.4, 0.5) is 0 Å². The fraction of sp³-hybridized carbons (Fsp3) is 0.375. The molecule has 0 N–H and O–H groups in total. The number of ether oxygens (including phenoxy) is 1. The van der Waals surface area contributed by atoms with Crippen LogP contribution in [0.15, 0.2) is 16.9 Å². The topological polar surface area (TPSA) is 25.4 Å². The smallest absolute Gasteiger partial charge is 0.108 e. The number of hydrogen-bond acceptors (Lipinski definition) is 2. The van der Waals surface area contributed by atoms with Crippen LogP contribution < -0.4 is 0 Å². The largest absolute Gasteiger partial charge is 0.368 e. The van der Waals surface area contributed by atoms with Crippen LogP contribution in [-0.2, 0) is 4.74 Å². The molecule has 0 saturated carbocycles. The van der Waals surface area contributed by atoms with Crippen molar-refractivity contribution in [1.82, 2.24) is 4.98 Å². The van der Waals surface area contributed by atoms with E-state index in [-0.39, 0.29) is 0 Å². The fourth-order valence-corrected chi connectivity index (χ4v) is 1.21. The van der Waals surface area contributed by atoms with Gasteiger partial charge in [-0.1, -0.05) is 0 Å². The van der Waals surface area contributed by atoms with Crippen molar-refractivity contribution in [3.8, 4) is 0 Å². The second kappa shape index (κ2) is 2.57. The van der Waals surface area contributed by atoms with Crippen LogP contribution >= 0.6 is 15.9 Å². The van der Waals surface area contributed by atoms with Gasteiger partial charge in [-0.25, -0.2) is 4.98 Å². The molecule has 1 aromatic heterocycles. The minimum absolute atomic E-state index is 0.314. The highest BCUT2D eigenvalue weighted by Crippen LogP contribution is 2.30. The van der Waals surface area contributed by atoms with E-state index in [2.05, 4.69) is 27.0 Å². The lowest BCUT2D eigenvalue weighted by Gasteiger charge is -1.98. The minimum atomic E-state index is 0.314. The SMILES string of the molecule is Cc1cc(C2CO2)cnc1Br. The molecule has 0 bridgehead atoms. The van der Waals surface area contributed by atoms with Gasteiger partial charge in [-0.05, 0) is 34.5 Å². The van der Waals surface area contributed by atoms with Gasteiger partial charge in [-0.15, -0.1) is 0 Å². The second-order valence-electron chi connectivity index (χ2n) is 2.70. The highest BCUT2D eigenvalue weighted by molar-refractivity contribution is 9.10. The zero-order chi connectivity index (χ0) is 7.84. The van der Waals surface area contributed by atoms with Gasteiger partial charge in [-0.3, -0.25) is 0 Å². The Hall–Kier alpha value is -0.410. The summed E-state index contributed by atoms with van der Waals surface area (Å²) in [5.41, 5.74) is 2.35. The van der Waals surface area contributed by atoms with Crippen molar-refractivity contribution in [2.75, 3.05) is 6.61 Å². The Morgan fingerprint density at radius 2 is 2.45 bits per heavy atom. The van der Waals surface area contributed by atoms with Gasteiger partial charge in [0.2, 0.25) is 0 Å². The lowest BCUT2D eigenvalue weighted by Crippen LogP contribution is -1.86. The molecule has 58 valence electrons. The van der Waals surface area contributed by atoms with E-state index in [0.29, 0.717) is 6.10 Å². The number of aryl methyl sites for hydroxylation is 1. The zero-order valence-corrected chi connectivity index (χ0v) is 7.76. The highest BCUT2D eigenvalue weighted by Gasteiger charge is 2.25. The summed E-state index contributed by atoms with van der Waals surface area (Å²) in [4.78, 5) is 4.18. The molecule has 1 unspecified atom stereocenters. The van der Waals surface area contributed by atoms with Gasteiger partial charge in [0.05, 0.1) is 6.61 Å². The predicted octanol–water partition coefficient (Wildman–Crippen LogP) is 2.22. The highest BCUT2D eigenvalue weighted by atomic mass is 79.9. The van der Waals surface area contributed by atoms with Crippen LogP contribution in [0.1, 0.15) is 17.2 Å². The number of halogens is 1. The summed E-state index contributed by atoms with van der Waals surface area (Å²) >= 11 is 3.35. The van der Waals surface area contributed by atoms with Crippen LogP contribution in [0.5, 0.6) is 0 Å². The molecule has 11 heavy (non-hydrogen) atoms. The summed E-state index contributed by atoms with van der Waals surface area (Å²) in [5.74, 6) is 0.